The van der Waals surface area contributed by atoms with E-state index >= 15 is 0 Å². The Kier molecular flexibility index (Phi) is 9.54. The predicted octanol–water partition coefficient (Wildman–Crippen LogP) is 4.43. The van der Waals surface area contributed by atoms with Crippen molar-refractivity contribution in [1.82, 2.24) is 9.88 Å². The van der Waals surface area contributed by atoms with E-state index in [1.807, 2.05) is 23.6 Å². The summed E-state index contributed by atoms with van der Waals surface area (Å²) < 4.78 is 27.1. The second-order valence-corrected chi connectivity index (χ2v) is 8.26. The maximum atomic E-state index is 13.2. The summed E-state index contributed by atoms with van der Waals surface area (Å²) in [5.74, 6) is 2.35. The molecule has 2 aromatic carbocycles. The van der Waals surface area contributed by atoms with Crippen LogP contribution < -0.4 is 18.9 Å². The molecule has 0 radical (unpaired) electrons. The predicted molar refractivity (Wildman–Crippen MR) is 130 cm³/mol. The second kappa shape index (κ2) is 12.8. The Morgan fingerprint density at radius 2 is 1.68 bits per heavy atom. The molecule has 0 aliphatic carbocycles. The summed E-state index contributed by atoms with van der Waals surface area (Å²) in [6, 6.07) is 12.6. The minimum absolute atomic E-state index is 0.0664. The van der Waals surface area contributed by atoms with Crippen LogP contribution in [0.25, 0.3) is 0 Å². The lowest BCUT2D eigenvalue weighted by atomic mass is 10.2. The minimum atomic E-state index is -0.0664. The van der Waals surface area contributed by atoms with Crippen LogP contribution in [0.3, 0.4) is 0 Å². The zero-order valence-corrected chi connectivity index (χ0v) is 20.7. The maximum Gasteiger partial charge on any atom is 0.254 e. The van der Waals surface area contributed by atoms with E-state index in [0.717, 1.165) is 17.1 Å². The molecule has 3 rings (SSSR count). The van der Waals surface area contributed by atoms with E-state index in [0.29, 0.717) is 48.3 Å². The Balaban J connectivity index is 1.69. The van der Waals surface area contributed by atoms with Gasteiger partial charge < -0.3 is 28.6 Å². The number of thiazole rings is 1. The van der Waals surface area contributed by atoms with Gasteiger partial charge in [0.05, 0.1) is 33.6 Å². The maximum absolute atomic E-state index is 13.2. The number of hydrogen-bond acceptors (Lipinski definition) is 8. The van der Waals surface area contributed by atoms with E-state index in [-0.39, 0.29) is 12.5 Å². The van der Waals surface area contributed by atoms with Gasteiger partial charge in [-0.15, -0.1) is 11.3 Å². The van der Waals surface area contributed by atoms with Crippen LogP contribution >= 0.6 is 11.3 Å². The molecular formula is C25H30N2O6S. The molecule has 0 saturated heterocycles. The van der Waals surface area contributed by atoms with Crippen molar-refractivity contribution in [3.63, 3.8) is 0 Å². The number of para-hydroxylation sites is 1. The SMILES string of the molecule is COCCCN(Cc1csc(COc2c(OC)cccc2OC)n1)C(=O)c1ccc(OC)cc1. The minimum Gasteiger partial charge on any atom is -0.497 e. The third-order valence-corrected chi connectivity index (χ3v) is 5.95. The fourth-order valence-electron chi connectivity index (χ4n) is 3.35. The smallest absolute Gasteiger partial charge is 0.254 e. The van der Waals surface area contributed by atoms with E-state index in [2.05, 4.69) is 4.98 Å². The summed E-state index contributed by atoms with van der Waals surface area (Å²) in [6.45, 7) is 1.78. The highest BCUT2D eigenvalue weighted by molar-refractivity contribution is 7.09. The van der Waals surface area contributed by atoms with Crippen LogP contribution in [0.5, 0.6) is 23.0 Å². The van der Waals surface area contributed by atoms with Gasteiger partial charge in [-0.1, -0.05) is 6.07 Å². The molecule has 0 aliphatic rings. The number of aromatic nitrogens is 1. The summed E-state index contributed by atoms with van der Waals surface area (Å²) in [5, 5.41) is 2.74. The molecule has 8 nitrogen and oxygen atoms in total. The van der Waals surface area contributed by atoms with E-state index in [1.54, 1.807) is 57.6 Å². The molecule has 0 unspecified atom stereocenters. The monoisotopic (exact) mass is 486 g/mol. The Morgan fingerprint density at radius 1 is 0.971 bits per heavy atom. The van der Waals surface area contributed by atoms with Crippen LogP contribution in [-0.2, 0) is 17.9 Å². The third kappa shape index (κ3) is 6.61. The lowest BCUT2D eigenvalue weighted by Gasteiger charge is -2.22. The molecule has 9 heteroatoms. The van der Waals surface area contributed by atoms with Gasteiger partial charge in [0.2, 0.25) is 5.75 Å². The second-order valence-electron chi connectivity index (χ2n) is 7.31. The number of methoxy groups -OCH3 is 4. The molecule has 0 fully saturated rings. The van der Waals surface area contributed by atoms with E-state index in [1.165, 1.54) is 11.3 Å². The average Bonchev–Trinajstić information content (AvgIpc) is 3.33. The Morgan fingerprint density at radius 3 is 2.29 bits per heavy atom. The Bertz CT molecular complexity index is 1030. The highest BCUT2D eigenvalue weighted by Gasteiger charge is 2.18. The standard InChI is InChI=1S/C25H30N2O6S/c1-29-14-6-13-27(25(28)18-9-11-20(30-2)12-10-18)15-19-17-34-23(26-19)16-33-24-21(31-3)7-5-8-22(24)32-4/h5,7-12,17H,6,13-16H2,1-4H3. The first-order valence-electron chi connectivity index (χ1n) is 10.8. The highest BCUT2D eigenvalue weighted by atomic mass is 32.1. The third-order valence-electron chi connectivity index (χ3n) is 5.08. The highest BCUT2D eigenvalue weighted by Crippen LogP contribution is 2.37. The van der Waals surface area contributed by atoms with Gasteiger partial charge >= 0.3 is 0 Å². The first-order valence-corrected chi connectivity index (χ1v) is 11.7. The molecule has 0 bridgehead atoms. The molecule has 1 heterocycles. The topological polar surface area (TPSA) is 79.4 Å². The largest absolute Gasteiger partial charge is 0.497 e. The number of amides is 1. The number of benzene rings is 2. The first-order chi connectivity index (χ1) is 16.6. The first kappa shape index (κ1) is 25.3. The summed E-state index contributed by atoms with van der Waals surface area (Å²) in [6.07, 6.45) is 0.728. The van der Waals surface area contributed by atoms with E-state index in [9.17, 15) is 4.79 Å². The number of carbonyl (C=O) groups is 1. The van der Waals surface area contributed by atoms with Crippen LogP contribution in [0.15, 0.2) is 47.8 Å². The lowest BCUT2D eigenvalue weighted by Crippen LogP contribution is -2.32. The van der Waals surface area contributed by atoms with Gasteiger partial charge in [-0.05, 0) is 42.8 Å². The van der Waals surface area contributed by atoms with Crippen LogP contribution in [-0.4, -0.2) is 57.4 Å². The zero-order valence-electron chi connectivity index (χ0n) is 19.9. The molecule has 1 aromatic heterocycles. The van der Waals surface area contributed by atoms with Crippen molar-refractivity contribution in [3.05, 3.63) is 64.1 Å². The molecule has 182 valence electrons. The molecular weight excluding hydrogens is 456 g/mol. The van der Waals surface area contributed by atoms with Crippen LogP contribution in [0.4, 0.5) is 0 Å². The van der Waals surface area contributed by atoms with Crippen molar-refractivity contribution in [2.75, 3.05) is 41.6 Å². The van der Waals surface area contributed by atoms with Gasteiger partial charge in [-0.2, -0.15) is 0 Å². The van der Waals surface area contributed by atoms with E-state index < -0.39 is 0 Å². The van der Waals surface area contributed by atoms with Gasteiger partial charge in [0.15, 0.2) is 11.5 Å². The lowest BCUT2D eigenvalue weighted by molar-refractivity contribution is 0.0721. The number of hydrogen-bond donors (Lipinski definition) is 0. The van der Waals surface area contributed by atoms with Gasteiger partial charge in [-0.25, -0.2) is 4.98 Å². The fraction of sp³-hybridized carbons (Fsp3) is 0.360. The molecule has 0 N–H and O–H groups in total. The molecule has 0 aliphatic heterocycles. The number of ether oxygens (including phenoxy) is 5. The summed E-state index contributed by atoms with van der Waals surface area (Å²) >= 11 is 1.48. The molecule has 0 atom stereocenters. The Labute approximate surface area is 204 Å². The van der Waals surface area contributed by atoms with Crippen LogP contribution in [0, 0.1) is 0 Å². The fourth-order valence-corrected chi connectivity index (χ4v) is 4.04. The quantitative estimate of drug-likeness (QED) is 0.331. The summed E-state index contributed by atoms with van der Waals surface area (Å²) in [4.78, 5) is 19.6. The van der Waals surface area contributed by atoms with Crippen molar-refractivity contribution in [2.45, 2.75) is 19.6 Å². The summed E-state index contributed by atoms with van der Waals surface area (Å²) in [7, 11) is 6.42. The van der Waals surface area contributed by atoms with Crippen molar-refractivity contribution < 1.29 is 28.5 Å². The van der Waals surface area contributed by atoms with E-state index in [4.69, 9.17) is 23.7 Å². The van der Waals surface area contributed by atoms with Crippen molar-refractivity contribution in [2.24, 2.45) is 0 Å². The van der Waals surface area contributed by atoms with Crippen molar-refractivity contribution in [1.29, 1.82) is 0 Å². The molecule has 1 amide bonds. The molecule has 34 heavy (non-hydrogen) atoms. The van der Waals surface area contributed by atoms with Crippen LogP contribution in [0.1, 0.15) is 27.5 Å². The van der Waals surface area contributed by atoms with Gasteiger partial charge in [0.25, 0.3) is 5.91 Å². The summed E-state index contributed by atoms with van der Waals surface area (Å²) in [5.41, 5.74) is 1.40. The average molecular weight is 487 g/mol. The number of rotatable bonds is 13. The van der Waals surface area contributed by atoms with Gasteiger partial charge in [0.1, 0.15) is 17.4 Å². The van der Waals surface area contributed by atoms with Gasteiger partial charge in [-0.3, -0.25) is 4.79 Å². The number of carbonyl (C=O) groups excluding carboxylic acids is 1. The zero-order chi connectivity index (χ0) is 24.3. The molecule has 3 aromatic rings. The van der Waals surface area contributed by atoms with Crippen molar-refractivity contribution >= 4 is 17.2 Å². The normalized spacial score (nSPS) is 10.6. The molecule has 0 spiro atoms. The Hall–Kier alpha value is -3.30. The van der Waals surface area contributed by atoms with Crippen molar-refractivity contribution in [3.8, 4) is 23.0 Å². The number of nitrogens with zero attached hydrogens (tertiary/aromatic N) is 2. The van der Waals surface area contributed by atoms with Crippen LogP contribution in [0.2, 0.25) is 0 Å². The molecule has 0 saturated carbocycles. The van der Waals surface area contributed by atoms with Gasteiger partial charge in [0, 0.05) is 31.2 Å².